The van der Waals surface area contributed by atoms with Crippen LogP contribution in [0.3, 0.4) is 0 Å². The lowest BCUT2D eigenvalue weighted by Crippen LogP contribution is -2.51. The molecule has 0 amide bonds. The van der Waals surface area contributed by atoms with E-state index in [1.807, 2.05) is 19.9 Å². The van der Waals surface area contributed by atoms with Crippen molar-refractivity contribution in [2.24, 2.45) is 5.41 Å². The maximum absolute atomic E-state index is 12.8. The van der Waals surface area contributed by atoms with Gasteiger partial charge in [-0.1, -0.05) is 38.1 Å². The number of hydrogen-bond acceptors (Lipinski definition) is 6. The molecule has 6 nitrogen and oxygen atoms in total. The molecule has 2 aliphatic carbocycles. The molecule has 0 unspecified atom stereocenters. The Morgan fingerprint density at radius 1 is 1.08 bits per heavy atom. The third kappa shape index (κ3) is 1.72. The van der Waals surface area contributed by atoms with Gasteiger partial charge in [0.15, 0.2) is 0 Å². The van der Waals surface area contributed by atoms with Gasteiger partial charge in [-0.05, 0) is 29.0 Å². The third-order valence-corrected chi connectivity index (χ3v) is 5.35. The molecule has 2 atom stereocenters. The number of benzene rings is 1. The number of carbonyl (C=O) groups excluding carboxylic acids is 2. The Labute approximate surface area is 139 Å². The van der Waals surface area contributed by atoms with E-state index in [1.54, 1.807) is 18.2 Å². The van der Waals surface area contributed by atoms with Crippen LogP contribution in [0.25, 0.3) is 0 Å². The molecule has 1 aromatic rings. The van der Waals surface area contributed by atoms with E-state index in [0.717, 1.165) is 5.56 Å². The second kappa shape index (κ2) is 5.16. The summed E-state index contributed by atoms with van der Waals surface area (Å²) in [6.45, 7) is 3.95. The molecule has 3 rings (SSSR count). The lowest BCUT2D eigenvalue weighted by atomic mass is 9.61. The molecule has 2 aliphatic rings. The van der Waals surface area contributed by atoms with Gasteiger partial charge in [0.2, 0.25) is 5.60 Å². The minimum absolute atomic E-state index is 0.396. The molecule has 0 saturated heterocycles. The van der Waals surface area contributed by atoms with Crippen LogP contribution in [0.2, 0.25) is 0 Å². The van der Waals surface area contributed by atoms with E-state index in [9.17, 15) is 14.8 Å². The van der Waals surface area contributed by atoms with Crippen LogP contribution in [0.4, 0.5) is 0 Å². The summed E-state index contributed by atoms with van der Waals surface area (Å²) in [4.78, 5) is 29.7. The topological polar surface area (TPSA) is 82.1 Å². The van der Waals surface area contributed by atoms with Crippen LogP contribution in [0.1, 0.15) is 30.5 Å². The molecule has 0 aromatic heterocycles. The first-order valence-electron chi connectivity index (χ1n) is 7.63. The molecule has 0 bridgehead atoms. The number of ether oxygens (including phenoxy) is 2. The van der Waals surface area contributed by atoms with Crippen LogP contribution in [0.5, 0.6) is 0 Å². The monoisotopic (exact) mass is 332 g/mol. The summed E-state index contributed by atoms with van der Waals surface area (Å²) in [5, 5.41) is 9.53. The minimum Gasteiger partial charge on any atom is -0.468 e. The molecule has 1 N–H and O–H groups in total. The SMILES string of the molecule is COC(=O)[C@]1(OO)C=C[C@@]2(C(=O)OC)c3c(cccc31)CC2(C)C. The van der Waals surface area contributed by atoms with Gasteiger partial charge in [0.05, 0.1) is 14.2 Å². The Morgan fingerprint density at radius 3 is 2.33 bits per heavy atom. The highest BCUT2D eigenvalue weighted by Gasteiger charge is 2.63. The quantitative estimate of drug-likeness (QED) is 0.395. The Morgan fingerprint density at radius 2 is 1.75 bits per heavy atom. The number of methoxy groups -OCH3 is 2. The molecule has 24 heavy (non-hydrogen) atoms. The fourth-order valence-corrected chi connectivity index (χ4v) is 4.17. The Kier molecular flexibility index (Phi) is 3.58. The molecule has 0 aliphatic heterocycles. The molecular formula is C18H20O6. The summed E-state index contributed by atoms with van der Waals surface area (Å²) in [6, 6.07) is 5.34. The van der Waals surface area contributed by atoms with E-state index in [0.29, 0.717) is 17.5 Å². The fraction of sp³-hybridized carbons (Fsp3) is 0.444. The number of carbonyl (C=O) groups is 2. The van der Waals surface area contributed by atoms with E-state index in [2.05, 4.69) is 4.89 Å². The second-order valence-electron chi connectivity index (χ2n) is 6.85. The highest BCUT2D eigenvalue weighted by molar-refractivity contribution is 5.94. The van der Waals surface area contributed by atoms with E-state index in [1.165, 1.54) is 20.3 Å². The molecule has 0 radical (unpaired) electrons. The summed E-state index contributed by atoms with van der Waals surface area (Å²) < 4.78 is 9.91. The van der Waals surface area contributed by atoms with Crippen LogP contribution < -0.4 is 0 Å². The number of rotatable bonds is 3. The van der Waals surface area contributed by atoms with Gasteiger partial charge < -0.3 is 9.47 Å². The molecule has 0 heterocycles. The van der Waals surface area contributed by atoms with Crippen molar-refractivity contribution < 1.29 is 29.2 Å². The first-order valence-corrected chi connectivity index (χ1v) is 7.63. The lowest BCUT2D eigenvalue weighted by molar-refractivity contribution is -0.309. The van der Waals surface area contributed by atoms with E-state index < -0.39 is 28.4 Å². The molecule has 0 fully saturated rings. The van der Waals surface area contributed by atoms with Gasteiger partial charge in [0.25, 0.3) is 0 Å². The average Bonchev–Trinajstić information content (AvgIpc) is 2.83. The third-order valence-electron chi connectivity index (χ3n) is 5.35. The van der Waals surface area contributed by atoms with E-state index >= 15 is 0 Å². The first kappa shape index (κ1) is 16.7. The normalized spacial score (nSPS) is 29.0. The van der Waals surface area contributed by atoms with Crippen molar-refractivity contribution in [2.75, 3.05) is 14.2 Å². The summed E-state index contributed by atoms with van der Waals surface area (Å²) in [5.41, 5.74) is -1.36. The molecule has 0 spiro atoms. The zero-order valence-corrected chi connectivity index (χ0v) is 14.1. The summed E-state index contributed by atoms with van der Waals surface area (Å²) in [7, 11) is 2.55. The van der Waals surface area contributed by atoms with Crippen molar-refractivity contribution in [3.05, 3.63) is 47.0 Å². The number of esters is 2. The molecule has 0 saturated carbocycles. The fourth-order valence-electron chi connectivity index (χ4n) is 4.17. The Balaban J connectivity index is 2.39. The molecular weight excluding hydrogens is 312 g/mol. The highest BCUT2D eigenvalue weighted by atomic mass is 17.1. The standard InChI is InChI=1S/C18H20O6/c1-16(2)10-11-6-5-7-12-13(11)17(16,14(19)22-3)8-9-18(12,24-21)15(20)23-4/h5-9,21H,10H2,1-4H3/t17-,18-/m0/s1. The van der Waals surface area contributed by atoms with Gasteiger partial charge >= 0.3 is 11.9 Å². The van der Waals surface area contributed by atoms with Crippen molar-refractivity contribution in [2.45, 2.75) is 31.3 Å². The van der Waals surface area contributed by atoms with E-state index in [4.69, 9.17) is 9.47 Å². The average molecular weight is 332 g/mol. The maximum Gasteiger partial charge on any atom is 0.350 e. The maximum atomic E-state index is 12.8. The van der Waals surface area contributed by atoms with Crippen LogP contribution in [-0.2, 0) is 41.4 Å². The van der Waals surface area contributed by atoms with Crippen molar-refractivity contribution in [1.29, 1.82) is 0 Å². The van der Waals surface area contributed by atoms with E-state index in [-0.39, 0.29) is 0 Å². The van der Waals surface area contributed by atoms with Crippen LogP contribution in [-0.4, -0.2) is 31.4 Å². The molecule has 128 valence electrons. The van der Waals surface area contributed by atoms with Gasteiger partial charge in [-0.15, -0.1) is 0 Å². The van der Waals surface area contributed by atoms with Crippen LogP contribution in [0.15, 0.2) is 30.4 Å². The molecule has 1 aromatic carbocycles. The van der Waals surface area contributed by atoms with Gasteiger partial charge in [-0.3, -0.25) is 4.79 Å². The Bertz CT molecular complexity index is 750. The van der Waals surface area contributed by atoms with Crippen molar-refractivity contribution in [1.82, 2.24) is 0 Å². The van der Waals surface area contributed by atoms with Crippen LogP contribution >= 0.6 is 0 Å². The Hall–Kier alpha value is -2.18. The van der Waals surface area contributed by atoms with Crippen molar-refractivity contribution in [3.8, 4) is 0 Å². The zero-order valence-electron chi connectivity index (χ0n) is 14.1. The second-order valence-corrected chi connectivity index (χ2v) is 6.85. The summed E-state index contributed by atoms with van der Waals surface area (Å²) in [5.74, 6) is -1.18. The smallest absolute Gasteiger partial charge is 0.350 e. The van der Waals surface area contributed by atoms with Crippen molar-refractivity contribution in [3.63, 3.8) is 0 Å². The van der Waals surface area contributed by atoms with Gasteiger partial charge in [-0.25, -0.2) is 14.9 Å². The van der Waals surface area contributed by atoms with Gasteiger partial charge in [0, 0.05) is 5.56 Å². The zero-order chi connectivity index (χ0) is 17.8. The minimum atomic E-state index is -1.79. The molecule has 6 heteroatoms. The first-order chi connectivity index (χ1) is 11.3. The van der Waals surface area contributed by atoms with Gasteiger partial charge in [0.1, 0.15) is 5.41 Å². The predicted molar refractivity (Wildman–Crippen MR) is 84.2 cm³/mol. The van der Waals surface area contributed by atoms with Gasteiger partial charge in [-0.2, -0.15) is 0 Å². The van der Waals surface area contributed by atoms with Crippen molar-refractivity contribution >= 4 is 11.9 Å². The van der Waals surface area contributed by atoms with Crippen LogP contribution in [0, 0.1) is 5.41 Å². The highest BCUT2D eigenvalue weighted by Crippen LogP contribution is 2.58. The number of hydrogen-bond donors (Lipinski definition) is 1. The summed E-state index contributed by atoms with van der Waals surface area (Å²) in [6.07, 6.45) is 3.61. The summed E-state index contributed by atoms with van der Waals surface area (Å²) >= 11 is 0. The lowest BCUT2D eigenvalue weighted by Gasteiger charge is -2.42. The predicted octanol–water partition coefficient (Wildman–Crippen LogP) is 2.11. The largest absolute Gasteiger partial charge is 0.468 e.